The van der Waals surface area contributed by atoms with Gasteiger partial charge >= 0.3 is 11.9 Å². The first-order valence-electron chi connectivity index (χ1n) is 12.9. The van der Waals surface area contributed by atoms with Gasteiger partial charge in [-0.05, 0) is 44.9 Å². The Morgan fingerprint density at radius 2 is 1.37 bits per heavy atom. The molecule has 13 heteroatoms. The first kappa shape index (κ1) is 33.4. The van der Waals surface area contributed by atoms with Crippen LogP contribution in [0.2, 0.25) is 0 Å². The Morgan fingerprint density at radius 3 is 1.91 bits per heavy atom. The van der Waals surface area contributed by atoms with E-state index in [2.05, 4.69) is 11.3 Å². The summed E-state index contributed by atoms with van der Waals surface area (Å²) >= 11 is 0. The molecule has 0 saturated carbocycles. The van der Waals surface area contributed by atoms with Gasteiger partial charge in [-0.15, -0.1) is 0 Å². The minimum absolute atomic E-state index is 0.259. The molecule has 232 valence electrons. The maximum absolute atomic E-state index is 14.8. The number of ether oxygens (including phenoxy) is 4. The molecule has 2 atom stereocenters. The van der Waals surface area contributed by atoms with Crippen molar-refractivity contribution in [2.24, 2.45) is 0 Å². The molecule has 0 heterocycles. The van der Waals surface area contributed by atoms with Crippen LogP contribution >= 0.6 is 0 Å². The summed E-state index contributed by atoms with van der Waals surface area (Å²) in [5, 5.41) is -3.64. The summed E-state index contributed by atoms with van der Waals surface area (Å²) in [7, 11) is 0. The van der Waals surface area contributed by atoms with E-state index in [9.17, 15) is 40.3 Å². The molecule has 0 bridgehead atoms. The van der Waals surface area contributed by atoms with Crippen LogP contribution < -0.4 is 4.74 Å². The van der Waals surface area contributed by atoms with Crippen LogP contribution in [0, 0.1) is 40.7 Å². The first-order valence-corrected chi connectivity index (χ1v) is 12.9. The highest BCUT2D eigenvalue weighted by molar-refractivity contribution is 5.97. The zero-order valence-corrected chi connectivity index (χ0v) is 23.5. The van der Waals surface area contributed by atoms with Gasteiger partial charge in [0.15, 0.2) is 47.0 Å². The molecule has 0 aliphatic carbocycles. The van der Waals surface area contributed by atoms with Crippen molar-refractivity contribution in [2.75, 3.05) is 13.2 Å². The van der Waals surface area contributed by atoms with Gasteiger partial charge in [-0.25, -0.2) is 40.3 Å². The molecule has 0 spiro atoms. The molecule has 0 aromatic heterocycles. The molecule has 0 aliphatic heterocycles. The summed E-state index contributed by atoms with van der Waals surface area (Å²) in [5.74, 6) is -18.5. The zero-order chi connectivity index (χ0) is 32.2. The standard InChI is InChI=1S/C30H27F7O6/c1-6-11-30(5,43-28(38)14(2)3)16-7-9-17(10-8-16)42-15(4)40-12-13-41-29(39)20-21(31)18-19(22(32)25(20)35)24(34)27(37)26(36)23(18)33/h7-10,15H,2,6,11-13H2,1,3-5H3. The molecule has 43 heavy (non-hydrogen) atoms. The summed E-state index contributed by atoms with van der Waals surface area (Å²) < 4.78 is 120. The molecule has 3 rings (SSSR count). The van der Waals surface area contributed by atoms with Crippen molar-refractivity contribution in [3.05, 3.63) is 88.3 Å². The van der Waals surface area contributed by atoms with E-state index in [1.807, 2.05) is 6.92 Å². The van der Waals surface area contributed by atoms with Crippen molar-refractivity contribution in [1.82, 2.24) is 0 Å². The van der Waals surface area contributed by atoms with E-state index in [-0.39, 0.29) is 5.57 Å². The number of hydrogen-bond donors (Lipinski definition) is 0. The summed E-state index contributed by atoms with van der Waals surface area (Å²) in [6.07, 6.45) is 0.344. The lowest BCUT2D eigenvalue weighted by Gasteiger charge is -2.30. The fraction of sp³-hybridized carbons (Fsp3) is 0.333. The summed E-state index contributed by atoms with van der Waals surface area (Å²) in [6.45, 7) is 9.30. The number of fused-ring (bicyclic) bond motifs is 1. The van der Waals surface area contributed by atoms with E-state index in [1.165, 1.54) is 6.92 Å². The largest absolute Gasteiger partial charge is 0.465 e. The lowest BCUT2D eigenvalue weighted by Crippen LogP contribution is -2.29. The van der Waals surface area contributed by atoms with Gasteiger partial charge in [-0.2, -0.15) is 0 Å². The number of carbonyl (C=O) groups is 2. The topological polar surface area (TPSA) is 71.1 Å². The van der Waals surface area contributed by atoms with Crippen LogP contribution in [-0.4, -0.2) is 31.4 Å². The van der Waals surface area contributed by atoms with Crippen LogP contribution in [0.5, 0.6) is 5.75 Å². The van der Waals surface area contributed by atoms with Crippen molar-refractivity contribution in [3.8, 4) is 5.75 Å². The Morgan fingerprint density at radius 1 is 0.837 bits per heavy atom. The highest BCUT2D eigenvalue weighted by Crippen LogP contribution is 2.35. The normalized spacial score (nSPS) is 13.4. The highest BCUT2D eigenvalue weighted by atomic mass is 19.2. The van der Waals surface area contributed by atoms with Gasteiger partial charge in [0.1, 0.15) is 23.5 Å². The van der Waals surface area contributed by atoms with Crippen LogP contribution in [0.1, 0.15) is 56.5 Å². The minimum Gasteiger partial charge on any atom is -0.465 e. The molecule has 3 aromatic carbocycles. The fourth-order valence-corrected chi connectivity index (χ4v) is 4.22. The Bertz CT molecular complexity index is 1560. The molecule has 2 unspecified atom stereocenters. The third kappa shape index (κ3) is 6.93. The van der Waals surface area contributed by atoms with Gasteiger partial charge in [0, 0.05) is 5.57 Å². The van der Waals surface area contributed by atoms with E-state index in [0.717, 1.165) is 6.42 Å². The lowest BCUT2D eigenvalue weighted by atomic mass is 9.91. The highest BCUT2D eigenvalue weighted by Gasteiger charge is 2.34. The van der Waals surface area contributed by atoms with Crippen LogP contribution in [0.25, 0.3) is 10.8 Å². The van der Waals surface area contributed by atoms with E-state index in [0.29, 0.717) is 17.7 Å². The van der Waals surface area contributed by atoms with Gasteiger partial charge in [-0.1, -0.05) is 32.1 Å². The molecule has 6 nitrogen and oxygen atoms in total. The lowest BCUT2D eigenvalue weighted by molar-refractivity contribution is -0.155. The molecule has 0 N–H and O–H groups in total. The van der Waals surface area contributed by atoms with Crippen LogP contribution in [0.4, 0.5) is 30.7 Å². The van der Waals surface area contributed by atoms with Crippen LogP contribution in [0.3, 0.4) is 0 Å². The fourth-order valence-electron chi connectivity index (χ4n) is 4.22. The Labute approximate surface area is 242 Å². The molecule has 3 aromatic rings. The summed E-state index contributed by atoms with van der Waals surface area (Å²) in [6, 6.07) is 6.61. The number of rotatable bonds is 12. The van der Waals surface area contributed by atoms with Crippen LogP contribution in [0.15, 0.2) is 36.4 Å². The van der Waals surface area contributed by atoms with E-state index < -0.39 is 94.1 Å². The maximum Gasteiger partial charge on any atom is 0.344 e. The number of benzene rings is 3. The number of esters is 2. The quantitative estimate of drug-likeness (QED) is 0.0398. The minimum atomic E-state index is -2.48. The third-order valence-electron chi connectivity index (χ3n) is 6.37. The predicted octanol–water partition coefficient (Wildman–Crippen LogP) is 7.55. The average molecular weight is 617 g/mol. The molecule has 0 aliphatic rings. The van der Waals surface area contributed by atoms with Crippen molar-refractivity contribution < 1.29 is 59.3 Å². The Kier molecular flexibility index (Phi) is 10.4. The second kappa shape index (κ2) is 13.4. The van der Waals surface area contributed by atoms with Crippen molar-refractivity contribution in [3.63, 3.8) is 0 Å². The number of hydrogen-bond acceptors (Lipinski definition) is 6. The second-order valence-corrected chi connectivity index (χ2v) is 9.69. The number of halogens is 7. The summed E-state index contributed by atoms with van der Waals surface area (Å²) in [4.78, 5) is 24.4. The predicted molar refractivity (Wildman–Crippen MR) is 140 cm³/mol. The smallest absolute Gasteiger partial charge is 0.344 e. The SMILES string of the molecule is C=C(C)C(=O)OC(C)(CCC)c1ccc(OC(C)OCCOC(=O)c2c(F)c(F)c3c(F)c(F)c(F)c(F)c3c2F)cc1. The zero-order valence-electron chi connectivity index (χ0n) is 23.5. The Balaban J connectivity index is 1.63. The van der Waals surface area contributed by atoms with Crippen molar-refractivity contribution in [2.45, 2.75) is 52.4 Å². The molecule has 0 saturated heterocycles. The monoisotopic (exact) mass is 616 g/mol. The van der Waals surface area contributed by atoms with E-state index in [4.69, 9.17) is 14.2 Å². The molecule has 0 fully saturated rings. The van der Waals surface area contributed by atoms with E-state index in [1.54, 1.807) is 38.1 Å². The number of carbonyl (C=O) groups excluding carboxylic acids is 2. The average Bonchev–Trinajstić information content (AvgIpc) is 2.95. The van der Waals surface area contributed by atoms with Crippen LogP contribution in [-0.2, 0) is 24.6 Å². The third-order valence-corrected chi connectivity index (χ3v) is 6.37. The summed E-state index contributed by atoms with van der Waals surface area (Å²) in [5.41, 5.74) is -1.72. The van der Waals surface area contributed by atoms with Crippen molar-refractivity contribution >= 4 is 22.7 Å². The van der Waals surface area contributed by atoms with E-state index >= 15 is 0 Å². The van der Waals surface area contributed by atoms with Gasteiger partial charge in [0.2, 0.25) is 0 Å². The first-order chi connectivity index (χ1) is 20.1. The Hall–Kier alpha value is -4.13. The van der Waals surface area contributed by atoms with Gasteiger partial charge in [0.05, 0.1) is 17.4 Å². The second-order valence-electron chi connectivity index (χ2n) is 9.69. The molecule has 0 amide bonds. The molecular formula is C30H27F7O6. The molecule has 0 radical (unpaired) electrons. The maximum atomic E-state index is 14.8. The van der Waals surface area contributed by atoms with Gasteiger partial charge in [0.25, 0.3) is 0 Å². The van der Waals surface area contributed by atoms with Gasteiger partial charge < -0.3 is 18.9 Å². The molecular weight excluding hydrogens is 589 g/mol. The van der Waals surface area contributed by atoms with Crippen molar-refractivity contribution in [1.29, 1.82) is 0 Å². The van der Waals surface area contributed by atoms with Gasteiger partial charge in [-0.3, -0.25) is 0 Å².